The van der Waals surface area contributed by atoms with Crippen LogP contribution in [0.1, 0.15) is 142 Å². The molecule has 6 N–H and O–H groups in total. The molecule has 0 bridgehead atoms. The van der Waals surface area contributed by atoms with Crippen LogP contribution >= 0.6 is 0 Å². The Bertz CT molecular complexity index is 3800. The lowest BCUT2D eigenvalue weighted by Gasteiger charge is -2.24. The van der Waals surface area contributed by atoms with Gasteiger partial charge in [0.05, 0.1) is 36.2 Å². The maximum absolute atomic E-state index is 13.3. The number of rotatable bonds is 30. The molecule has 2 amide bonds. The number of nitrogens with one attached hydrogen (secondary N) is 2. The Kier molecular flexibility index (Phi) is 20.2. The Labute approximate surface area is 473 Å². The third-order valence-electron chi connectivity index (χ3n) is 15.8. The standard InChI is InChI=1S/C53H70N4O19S5/c1-34-52(3,4)50-41-28-37(78(65,66)67)30-45(80(71,72)73)39(41)20-22-43(50)56(34)25-14-8-11-18-48(59)55-33-36(16-9-6-12-19-49(60)61)32-54-47(58)17-10-7-13-24-53(5)35(2)57(26-15-27-77(62,63)64)44-23-21-40-42(51(44)53)29-38(79(68,69)70)31-46(40)81(74,75)76/h20-23,28-31,36H,6-19,24-27,32-33H2,1-5H3,(H6-2,54,55,58,59,60,61,62,63,64,65,66,67,68,69,70,71,72,73,74,75,76). The van der Waals surface area contributed by atoms with Crippen molar-refractivity contribution in [2.45, 2.75) is 161 Å². The Morgan fingerprint density at radius 2 is 1.00 bits per heavy atom. The molecule has 2 atom stereocenters. The molecular weight excluding hydrogens is 1160 g/mol. The summed E-state index contributed by atoms with van der Waals surface area (Å²) in [5.74, 6) is -2.09. The minimum atomic E-state index is -5.26. The molecule has 23 nitrogen and oxygen atoms in total. The van der Waals surface area contributed by atoms with E-state index in [2.05, 4.69) is 10.6 Å². The predicted molar refractivity (Wildman–Crippen MR) is 298 cm³/mol. The molecule has 446 valence electrons. The zero-order valence-electron chi connectivity index (χ0n) is 45.7. The predicted octanol–water partition coefficient (Wildman–Crippen LogP) is 6.44. The van der Waals surface area contributed by atoms with Crippen molar-refractivity contribution in [3.8, 4) is 0 Å². The van der Waals surface area contributed by atoms with Gasteiger partial charge in [-0.05, 0) is 112 Å². The van der Waals surface area contributed by atoms with Crippen LogP contribution in [0.3, 0.4) is 0 Å². The molecule has 2 aliphatic rings. The molecule has 0 aromatic heterocycles. The van der Waals surface area contributed by atoms with Crippen LogP contribution < -0.4 is 10.6 Å². The van der Waals surface area contributed by atoms with E-state index in [9.17, 15) is 79.2 Å². The van der Waals surface area contributed by atoms with E-state index in [0.717, 1.165) is 11.8 Å². The number of aliphatic carboxylic acids is 1. The van der Waals surface area contributed by atoms with Crippen molar-refractivity contribution in [3.05, 3.63) is 59.7 Å². The average Bonchev–Trinajstić information content (AvgIpc) is 3.94. The number of nitrogens with zero attached hydrogens (tertiary/aromatic N) is 2. The van der Waals surface area contributed by atoms with Gasteiger partial charge in [-0.2, -0.15) is 34.4 Å². The summed E-state index contributed by atoms with van der Waals surface area (Å²) in [6.45, 7) is 10.4. The molecule has 28 heteroatoms. The average molecular weight is 1230 g/mol. The number of hydrogen-bond acceptors (Lipinski definition) is 15. The molecular formula is C53H70N4O19S5. The van der Waals surface area contributed by atoms with E-state index in [0.29, 0.717) is 118 Å². The first kappa shape index (κ1) is 64.9. The number of carbonyl (C=O) groups is 3. The summed E-state index contributed by atoms with van der Waals surface area (Å²) in [5.41, 5.74) is 2.08. The molecule has 4 aromatic rings. The minimum Gasteiger partial charge on any atom is -0.744 e. The number of fused-ring (bicyclic) bond motifs is 6. The first-order chi connectivity index (χ1) is 37.5. The largest absolute Gasteiger partial charge is 0.744 e. The van der Waals surface area contributed by atoms with E-state index >= 15 is 0 Å². The topological polar surface area (TPSA) is 379 Å². The highest BCUT2D eigenvalue weighted by Gasteiger charge is 2.48. The smallest absolute Gasteiger partial charge is 0.303 e. The lowest BCUT2D eigenvalue weighted by atomic mass is 9.74. The van der Waals surface area contributed by atoms with Crippen LogP contribution in [0, 0.1) is 5.92 Å². The second kappa shape index (κ2) is 25.3. The van der Waals surface area contributed by atoms with Gasteiger partial charge in [-0.15, -0.1) is 0 Å². The van der Waals surface area contributed by atoms with Crippen LogP contribution in [0.4, 0.5) is 11.4 Å². The van der Waals surface area contributed by atoms with Gasteiger partial charge in [0.25, 0.3) is 30.4 Å². The summed E-state index contributed by atoms with van der Waals surface area (Å²) in [6.07, 6.45) is 6.32. The molecule has 0 saturated heterocycles. The fraction of sp³-hybridized carbons (Fsp3) is 0.528. The summed E-state index contributed by atoms with van der Waals surface area (Å²) >= 11 is 0. The highest BCUT2D eigenvalue weighted by Crippen LogP contribution is 2.49. The van der Waals surface area contributed by atoms with E-state index in [4.69, 9.17) is 5.11 Å². The van der Waals surface area contributed by atoms with Crippen molar-refractivity contribution in [2.75, 3.05) is 31.9 Å². The number of carboxylic acid groups (broad SMARTS) is 1. The second-order valence-electron chi connectivity index (χ2n) is 21.7. The highest BCUT2D eigenvalue weighted by atomic mass is 32.2. The van der Waals surface area contributed by atoms with Crippen LogP contribution in [0.2, 0.25) is 0 Å². The van der Waals surface area contributed by atoms with Gasteiger partial charge in [0.1, 0.15) is 33.3 Å². The van der Waals surface area contributed by atoms with E-state index in [-0.39, 0.29) is 84.6 Å². The van der Waals surface area contributed by atoms with E-state index in [1.165, 1.54) is 18.2 Å². The maximum Gasteiger partial charge on any atom is 0.303 e. The minimum absolute atomic E-state index is 0.0118. The molecule has 0 aliphatic carbocycles. The monoisotopic (exact) mass is 1230 g/mol. The number of carbonyl (C=O) groups excluding carboxylic acids is 2. The number of amides is 2. The Hall–Kier alpha value is -5.30. The van der Waals surface area contributed by atoms with Crippen LogP contribution in [-0.2, 0) is 75.8 Å². The maximum atomic E-state index is 13.3. The van der Waals surface area contributed by atoms with Crippen LogP contribution in [0.25, 0.3) is 21.5 Å². The Balaban J connectivity index is 1.04. The number of unbranched alkanes of at least 4 members (excludes halogenated alkanes) is 6. The third kappa shape index (κ3) is 15.7. The molecule has 2 unspecified atom stereocenters. The molecule has 81 heavy (non-hydrogen) atoms. The highest BCUT2D eigenvalue weighted by molar-refractivity contribution is 7.87. The summed E-state index contributed by atoms with van der Waals surface area (Å²) in [5, 5.41) is 15.3. The zero-order valence-corrected chi connectivity index (χ0v) is 49.8. The molecule has 0 spiro atoms. The molecule has 2 aliphatic heterocycles. The lowest BCUT2D eigenvalue weighted by molar-refractivity contribution is -0.439. The summed E-state index contributed by atoms with van der Waals surface area (Å²) in [6, 6.07) is 9.55. The molecule has 6 rings (SSSR count). The van der Waals surface area contributed by atoms with Gasteiger partial charge in [-0.25, -0.2) is 16.8 Å². The van der Waals surface area contributed by atoms with Gasteiger partial charge in [0, 0.05) is 93.1 Å². The van der Waals surface area contributed by atoms with Gasteiger partial charge in [-0.3, -0.25) is 28.0 Å². The molecule has 4 aromatic carbocycles. The number of benzene rings is 4. The van der Waals surface area contributed by atoms with Crippen molar-refractivity contribution in [1.29, 1.82) is 0 Å². The van der Waals surface area contributed by atoms with Gasteiger partial charge in [0.15, 0.2) is 11.4 Å². The lowest BCUT2D eigenvalue weighted by Crippen LogP contribution is -2.36. The van der Waals surface area contributed by atoms with Crippen molar-refractivity contribution in [3.63, 3.8) is 0 Å². The van der Waals surface area contributed by atoms with Crippen molar-refractivity contribution in [2.24, 2.45) is 5.92 Å². The number of carboxylic acids is 1. The van der Waals surface area contributed by atoms with Crippen LogP contribution in [0.15, 0.2) is 68.1 Å². The van der Waals surface area contributed by atoms with Gasteiger partial charge >= 0.3 is 5.97 Å². The summed E-state index contributed by atoms with van der Waals surface area (Å²) in [4.78, 5) is 34.4. The van der Waals surface area contributed by atoms with Crippen LogP contribution in [0.5, 0.6) is 0 Å². The number of hydrogen-bond donors (Lipinski definition) is 6. The fourth-order valence-electron chi connectivity index (χ4n) is 11.3. The summed E-state index contributed by atoms with van der Waals surface area (Å²) < 4.78 is 180. The normalized spacial score (nSPS) is 17.0. The molecule has 0 radical (unpaired) electrons. The third-order valence-corrected chi connectivity index (χ3v) is 20.1. The van der Waals surface area contributed by atoms with E-state index < -0.39 is 92.7 Å². The SMILES string of the molecule is CC1=[N+](CCCCCC(=O)NCC(CCCCCC(=O)O)CNC(=O)CCCCCC2(C)C(C)=[N+](CCCS(=O)(=O)O)c3ccc4c(S(=O)(=O)[O-])cc(S(=O)(=O)O)cc4c32)c2ccc3c(S(=O)(=O)[O-])cc(S(=O)(=O)O)cc3c2C1(C)C. The quantitative estimate of drug-likeness (QED) is 0.0186. The van der Waals surface area contributed by atoms with E-state index in [1.54, 1.807) is 23.6 Å². The Morgan fingerprint density at radius 1 is 0.556 bits per heavy atom. The van der Waals surface area contributed by atoms with Gasteiger partial charge < -0.3 is 24.8 Å². The van der Waals surface area contributed by atoms with Gasteiger partial charge in [-0.1, -0.05) is 25.7 Å². The first-order valence-electron chi connectivity index (χ1n) is 26.5. The van der Waals surface area contributed by atoms with Crippen molar-refractivity contribution < 1.29 is 93.5 Å². The molecule has 0 saturated carbocycles. The zero-order chi connectivity index (χ0) is 60.3. The Morgan fingerprint density at radius 3 is 1.48 bits per heavy atom. The summed E-state index contributed by atoms with van der Waals surface area (Å²) in [7, 11) is -24.6. The molecule has 0 fully saturated rings. The first-order valence-corrected chi connectivity index (χ1v) is 33.8. The fourth-order valence-corrected chi connectivity index (χ4v) is 14.4. The van der Waals surface area contributed by atoms with Gasteiger partial charge in [0.2, 0.25) is 23.2 Å². The van der Waals surface area contributed by atoms with Crippen molar-refractivity contribution >= 4 is 113 Å². The van der Waals surface area contributed by atoms with Crippen LogP contribution in [-0.4, -0.2) is 140 Å². The second-order valence-corrected chi connectivity index (χ2v) is 28.8. The molecule has 2 heterocycles. The van der Waals surface area contributed by atoms with E-state index in [1.807, 2.05) is 32.3 Å². The van der Waals surface area contributed by atoms with Crippen molar-refractivity contribution in [1.82, 2.24) is 10.6 Å².